The highest BCUT2D eigenvalue weighted by molar-refractivity contribution is 5.95. The van der Waals surface area contributed by atoms with Gasteiger partial charge in [0, 0.05) is 18.8 Å². The lowest BCUT2D eigenvalue weighted by Crippen LogP contribution is -2.42. The van der Waals surface area contributed by atoms with E-state index in [0.717, 1.165) is 5.56 Å². The summed E-state index contributed by atoms with van der Waals surface area (Å²) in [5.74, 6) is -0.859. The summed E-state index contributed by atoms with van der Waals surface area (Å²) in [7, 11) is 1.52. The van der Waals surface area contributed by atoms with E-state index >= 15 is 0 Å². The number of halogens is 1. The number of carbonyl (C=O) groups excluding carboxylic acids is 2. The molecule has 2 aromatic rings. The largest absolute Gasteiger partial charge is 0.481 e. The third-order valence-corrected chi connectivity index (χ3v) is 3.55. The molecule has 0 fully saturated rings. The van der Waals surface area contributed by atoms with Crippen molar-refractivity contribution in [3.8, 4) is 5.75 Å². The summed E-state index contributed by atoms with van der Waals surface area (Å²) in [6.07, 6.45) is -0.834. The van der Waals surface area contributed by atoms with Crippen molar-refractivity contribution in [2.45, 2.75) is 20.0 Å². The van der Waals surface area contributed by atoms with E-state index in [0.29, 0.717) is 5.69 Å². The van der Waals surface area contributed by atoms with Crippen molar-refractivity contribution < 1.29 is 18.7 Å². The Bertz CT molecular complexity index is 747. The van der Waals surface area contributed by atoms with Crippen LogP contribution in [0.1, 0.15) is 12.5 Å². The van der Waals surface area contributed by atoms with Crippen molar-refractivity contribution in [1.29, 1.82) is 0 Å². The molecule has 0 aliphatic heterocycles. The predicted molar refractivity (Wildman–Crippen MR) is 93.9 cm³/mol. The molecule has 1 N–H and O–H groups in total. The van der Waals surface area contributed by atoms with E-state index in [1.165, 1.54) is 30.1 Å². The summed E-state index contributed by atoms with van der Waals surface area (Å²) in [5.41, 5.74) is 1.76. The highest BCUT2D eigenvalue weighted by Gasteiger charge is 2.21. The monoisotopic (exact) mass is 344 g/mol. The maximum Gasteiger partial charge on any atom is 0.263 e. The first-order valence-electron chi connectivity index (χ1n) is 7.89. The second kappa shape index (κ2) is 8.28. The average Bonchev–Trinajstić information content (AvgIpc) is 2.56. The number of aryl methyl sites for hydroxylation is 1. The van der Waals surface area contributed by atoms with Crippen molar-refractivity contribution in [1.82, 2.24) is 4.90 Å². The minimum absolute atomic E-state index is 0.108. The van der Waals surface area contributed by atoms with Crippen LogP contribution in [-0.4, -0.2) is 36.4 Å². The van der Waals surface area contributed by atoms with Gasteiger partial charge in [0.1, 0.15) is 11.6 Å². The molecule has 1 unspecified atom stereocenters. The molecule has 0 spiro atoms. The summed E-state index contributed by atoms with van der Waals surface area (Å²) in [4.78, 5) is 25.6. The van der Waals surface area contributed by atoms with Gasteiger partial charge in [-0.3, -0.25) is 9.59 Å². The maximum absolute atomic E-state index is 13.2. The Balaban J connectivity index is 1.88. The molecule has 0 aromatic heterocycles. The third-order valence-electron chi connectivity index (χ3n) is 3.55. The van der Waals surface area contributed by atoms with Crippen molar-refractivity contribution >= 4 is 17.5 Å². The second-order valence-electron chi connectivity index (χ2n) is 5.83. The van der Waals surface area contributed by atoms with Crippen LogP contribution >= 0.6 is 0 Å². The molecule has 6 heteroatoms. The Morgan fingerprint density at radius 3 is 2.52 bits per heavy atom. The van der Waals surface area contributed by atoms with E-state index in [4.69, 9.17) is 4.74 Å². The quantitative estimate of drug-likeness (QED) is 0.876. The van der Waals surface area contributed by atoms with Crippen LogP contribution < -0.4 is 10.1 Å². The molecule has 0 radical (unpaired) electrons. The Morgan fingerprint density at radius 2 is 1.88 bits per heavy atom. The molecule has 0 heterocycles. The van der Waals surface area contributed by atoms with Crippen LogP contribution in [0.2, 0.25) is 0 Å². The number of likely N-dealkylation sites (N-methyl/N-ethyl adjacent to an activating group) is 1. The van der Waals surface area contributed by atoms with Crippen molar-refractivity contribution in [3.05, 3.63) is 59.9 Å². The second-order valence-corrected chi connectivity index (χ2v) is 5.83. The summed E-state index contributed by atoms with van der Waals surface area (Å²) < 4.78 is 18.6. The molecule has 0 saturated heterocycles. The van der Waals surface area contributed by atoms with Crippen LogP contribution in [0.4, 0.5) is 10.1 Å². The van der Waals surface area contributed by atoms with Gasteiger partial charge in [0.2, 0.25) is 5.91 Å². The van der Waals surface area contributed by atoms with Crippen molar-refractivity contribution in [2.75, 3.05) is 18.9 Å². The molecule has 0 bridgehead atoms. The number of amides is 2. The van der Waals surface area contributed by atoms with Gasteiger partial charge in [0.25, 0.3) is 5.91 Å². The molecule has 2 rings (SSSR count). The molecule has 25 heavy (non-hydrogen) atoms. The van der Waals surface area contributed by atoms with Crippen LogP contribution in [-0.2, 0) is 9.59 Å². The predicted octanol–water partition coefficient (Wildman–Crippen LogP) is 3.00. The van der Waals surface area contributed by atoms with E-state index in [1.54, 1.807) is 25.1 Å². The fourth-order valence-corrected chi connectivity index (χ4v) is 2.24. The van der Waals surface area contributed by atoms with Gasteiger partial charge in [-0.05, 0) is 38.1 Å². The summed E-state index contributed by atoms with van der Waals surface area (Å²) in [5, 5.41) is 2.73. The SMILES string of the molecule is Cc1ccc(NC(=O)CN(C)C(=O)C(C)Oc2cccc(F)c2)cc1. The number of nitrogens with one attached hydrogen (secondary N) is 1. The first kappa shape index (κ1) is 18.4. The summed E-state index contributed by atoms with van der Waals surface area (Å²) in [6, 6.07) is 12.9. The van der Waals surface area contributed by atoms with Crippen LogP contribution in [0.15, 0.2) is 48.5 Å². The third kappa shape index (κ3) is 5.60. The van der Waals surface area contributed by atoms with E-state index in [-0.39, 0.29) is 24.1 Å². The number of hydrogen-bond acceptors (Lipinski definition) is 3. The number of carbonyl (C=O) groups is 2. The zero-order valence-electron chi connectivity index (χ0n) is 14.5. The number of rotatable bonds is 6. The molecule has 1 atom stereocenters. The fourth-order valence-electron chi connectivity index (χ4n) is 2.24. The van der Waals surface area contributed by atoms with E-state index in [9.17, 15) is 14.0 Å². The van der Waals surface area contributed by atoms with E-state index in [1.807, 2.05) is 19.1 Å². The minimum Gasteiger partial charge on any atom is -0.481 e. The highest BCUT2D eigenvalue weighted by atomic mass is 19.1. The van der Waals surface area contributed by atoms with E-state index < -0.39 is 11.9 Å². The van der Waals surface area contributed by atoms with Gasteiger partial charge in [0.05, 0.1) is 6.54 Å². The van der Waals surface area contributed by atoms with Gasteiger partial charge in [-0.2, -0.15) is 0 Å². The van der Waals surface area contributed by atoms with Crippen LogP contribution in [0.25, 0.3) is 0 Å². The topological polar surface area (TPSA) is 58.6 Å². The van der Waals surface area contributed by atoms with Crippen molar-refractivity contribution in [3.63, 3.8) is 0 Å². The number of ether oxygens (including phenoxy) is 1. The normalized spacial score (nSPS) is 11.5. The Hall–Kier alpha value is -2.89. The number of benzene rings is 2. The lowest BCUT2D eigenvalue weighted by molar-refractivity contribution is -0.139. The first-order valence-corrected chi connectivity index (χ1v) is 7.89. The zero-order chi connectivity index (χ0) is 18.4. The summed E-state index contributed by atoms with van der Waals surface area (Å²) >= 11 is 0. The van der Waals surface area contributed by atoms with Crippen LogP contribution in [0.5, 0.6) is 5.75 Å². The molecular formula is C19H21FN2O3. The molecule has 132 valence electrons. The van der Waals surface area contributed by atoms with Gasteiger partial charge < -0.3 is 15.0 Å². The number of nitrogens with zero attached hydrogens (tertiary/aromatic N) is 1. The molecule has 2 amide bonds. The lowest BCUT2D eigenvalue weighted by Gasteiger charge is -2.21. The standard InChI is InChI=1S/C19H21FN2O3/c1-13-7-9-16(10-8-13)21-18(23)12-22(3)19(24)14(2)25-17-6-4-5-15(20)11-17/h4-11,14H,12H2,1-3H3,(H,21,23). The Kier molecular flexibility index (Phi) is 6.11. The number of hydrogen-bond donors (Lipinski definition) is 1. The zero-order valence-corrected chi connectivity index (χ0v) is 14.5. The van der Waals surface area contributed by atoms with Gasteiger partial charge in [0.15, 0.2) is 6.10 Å². The Morgan fingerprint density at radius 1 is 1.20 bits per heavy atom. The molecule has 0 aliphatic rings. The van der Waals surface area contributed by atoms with Gasteiger partial charge in [-0.15, -0.1) is 0 Å². The maximum atomic E-state index is 13.2. The van der Waals surface area contributed by atoms with Gasteiger partial charge >= 0.3 is 0 Å². The molecule has 2 aromatic carbocycles. The van der Waals surface area contributed by atoms with Gasteiger partial charge in [-0.1, -0.05) is 23.8 Å². The molecule has 0 aliphatic carbocycles. The minimum atomic E-state index is -0.834. The first-order chi connectivity index (χ1) is 11.8. The smallest absolute Gasteiger partial charge is 0.263 e. The Labute approximate surface area is 146 Å². The van der Waals surface area contributed by atoms with E-state index in [2.05, 4.69) is 5.32 Å². The van der Waals surface area contributed by atoms with Crippen LogP contribution in [0.3, 0.4) is 0 Å². The van der Waals surface area contributed by atoms with Gasteiger partial charge in [-0.25, -0.2) is 4.39 Å². The average molecular weight is 344 g/mol. The highest BCUT2D eigenvalue weighted by Crippen LogP contribution is 2.14. The molecular weight excluding hydrogens is 323 g/mol. The fraction of sp³-hybridized carbons (Fsp3) is 0.263. The molecule has 0 saturated carbocycles. The van der Waals surface area contributed by atoms with Crippen molar-refractivity contribution in [2.24, 2.45) is 0 Å². The number of anilines is 1. The summed E-state index contributed by atoms with van der Waals surface area (Å²) in [6.45, 7) is 3.41. The van der Waals surface area contributed by atoms with Crippen LogP contribution in [0, 0.1) is 12.7 Å². The lowest BCUT2D eigenvalue weighted by atomic mass is 10.2. The molecule has 5 nitrogen and oxygen atoms in total.